The second-order valence-corrected chi connectivity index (χ2v) is 6.91. The third-order valence-corrected chi connectivity index (χ3v) is 4.96. The summed E-state index contributed by atoms with van der Waals surface area (Å²) >= 11 is 0. The maximum Gasteiger partial charge on any atom is 0.191 e. The number of aromatic nitrogens is 3. The van der Waals surface area contributed by atoms with E-state index in [-0.39, 0.29) is 0 Å². The van der Waals surface area contributed by atoms with Gasteiger partial charge in [-0.3, -0.25) is 4.90 Å². The van der Waals surface area contributed by atoms with Crippen molar-refractivity contribution in [3.05, 3.63) is 23.8 Å². The molecule has 0 atom stereocenters. The Kier molecular flexibility index (Phi) is 7.02. The average molecular weight is 361 g/mol. The van der Waals surface area contributed by atoms with Crippen LogP contribution in [0.1, 0.15) is 30.9 Å². The summed E-state index contributed by atoms with van der Waals surface area (Å²) in [4.78, 5) is 7.18. The largest absolute Gasteiger partial charge is 0.379 e. The van der Waals surface area contributed by atoms with Gasteiger partial charge in [-0.25, -0.2) is 4.99 Å². The Bertz CT molecular complexity index is 611. The summed E-state index contributed by atoms with van der Waals surface area (Å²) in [5.41, 5.74) is 0. The summed E-state index contributed by atoms with van der Waals surface area (Å²) in [7, 11) is 1.98. The summed E-state index contributed by atoms with van der Waals surface area (Å²) in [5, 5.41) is 15.3. The molecule has 1 saturated heterocycles. The number of aryl methyl sites for hydroxylation is 1. The highest BCUT2D eigenvalue weighted by atomic mass is 16.5. The van der Waals surface area contributed by atoms with E-state index in [2.05, 4.69) is 37.9 Å². The van der Waals surface area contributed by atoms with E-state index in [9.17, 15) is 0 Å². The van der Waals surface area contributed by atoms with Gasteiger partial charge in [0.2, 0.25) is 0 Å². The minimum absolute atomic E-state index is 0.432. The van der Waals surface area contributed by atoms with Gasteiger partial charge in [-0.05, 0) is 32.7 Å². The summed E-state index contributed by atoms with van der Waals surface area (Å²) in [6.07, 6.45) is 7.64. The molecule has 1 aromatic rings. The zero-order valence-corrected chi connectivity index (χ0v) is 15.9. The number of nitrogens with zero attached hydrogens (tertiary/aromatic N) is 5. The molecule has 2 aliphatic rings. The quantitative estimate of drug-likeness (QED) is 0.320. The highest BCUT2D eigenvalue weighted by Gasteiger charge is 2.13. The summed E-state index contributed by atoms with van der Waals surface area (Å²) in [6, 6.07) is 0.432. The molecule has 2 heterocycles. The van der Waals surface area contributed by atoms with Crippen molar-refractivity contribution >= 4 is 5.96 Å². The lowest BCUT2D eigenvalue weighted by Gasteiger charge is -2.26. The molecule has 26 heavy (non-hydrogen) atoms. The number of hydrogen-bond acceptors (Lipinski definition) is 5. The van der Waals surface area contributed by atoms with E-state index in [0.717, 1.165) is 76.3 Å². The van der Waals surface area contributed by atoms with Crippen molar-refractivity contribution in [3.63, 3.8) is 0 Å². The number of morpholine rings is 1. The lowest BCUT2D eigenvalue weighted by atomic mass is 10.2. The molecule has 1 aliphatic heterocycles. The Morgan fingerprint density at radius 1 is 1.27 bits per heavy atom. The first-order valence-electron chi connectivity index (χ1n) is 9.57. The Balaban J connectivity index is 1.48. The molecule has 0 spiro atoms. The summed E-state index contributed by atoms with van der Waals surface area (Å²) < 4.78 is 7.38. The molecule has 1 aromatic heterocycles. The van der Waals surface area contributed by atoms with Crippen LogP contribution in [0, 0.1) is 6.92 Å². The van der Waals surface area contributed by atoms with Gasteiger partial charge in [0.1, 0.15) is 12.4 Å². The number of hydrogen-bond donors (Lipinski definition) is 2. The summed E-state index contributed by atoms with van der Waals surface area (Å²) in [6.45, 7) is 8.26. The number of nitrogens with one attached hydrogen (secondary N) is 2. The molecule has 3 rings (SSSR count). The normalized spacial score (nSPS) is 19.2. The maximum atomic E-state index is 5.40. The maximum absolute atomic E-state index is 5.40. The molecule has 2 N–H and O–H groups in total. The van der Waals surface area contributed by atoms with E-state index in [4.69, 9.17) is 9.73 Å². The lowest BCUT2D eigenvalue weighted by molar-refractivity contribution is 0.0376. The van der Waals surface area contributed by atoms with Crippen LogP contribution in [-0.4, -0.2) is 71.1 Å². The van der Waals surface area contributed by atoms with E-state index in [0.29, 0.717) is 12.6 Å². The van der Waals surface area contributed by atoms with Gasteiger partial charge in [0.05, 0.1) is 13.2 Å². The van der Waals surface area contributed by atoms with Crippen LogP contribution in [0.5, 0.6) is 0 Å². The van der Waals surface area contributed by atoms with Crippen molar-refractivity contribution in [1.29, 1.82) is 0 Å². The zero-order chi connectivity index (χ0) is 18.2. The van der Waals surface area contributed by atoms with Gasteiger partial charge in [0.25, 0.3) is 0 Å². The van der Waals surface area contributed by atoms with Gasteiger partial charge in [-0.15, -0.1) is 10.2 Å². The molecule has 0 saturated carbocycles. The molecular weight excluding hydrogens is 330 g/mol. The number of rotatable bonds is 7. The van der Waals surface area contributed by atoms with Gasteiger partial charge in [0.15, 0.2) is 11.8 Å². The number of ether oxygens (including phenoxy) is 1. The third kappa shape index (κ3) is 5.54. The molecule has 1 fully saturated rings. The van der Waals surface area contributed by atoms with Crippen molar-refractivity contribution in [2.24, 2.45) is 12.0 Å². The van der Waals surface area contributed by atoms with Crippen LogP contribution < -0.4 is 10.6 Å². The van der Waals surface area contributed by atoms with E-state index >= 15 is 0 Å². The molecule has 0 radical (unpaired) electrons. The molecule has 0 unspecified atom stereocenters. The molecule has 0 amide bonds. The van der Waals surface area contributed by atoms with Crippen molar-refractivity contribution < 1.29 is 4.74 Å². The predicted molar refractivity (Wildman–Crippen MR) is 102 cm³/mol. The second-order valence-electron chi connectivity index (χ2n) is 6.91. The van der Waals surface area contributed by atoms with Crippen LogP contribution in [-0.2, 0) is 18.3 Å². The van der Waals surface area contributed by atoms with Gasteiger partial charge in [0, 0.05) is 32.7 Å². The van der Waals surface area contributed by atoms with E-state index in [1.165, 1.54) is 0 Å². The van der Waals surface area contributed by atoms with Crippen LogP contribution in [0.3, 0.4) is 0 Å². The zero-order valence-electron chi connectivity index (χ0n) is 15.9. The van der Waals surface area contributed by atoms with Crippen molar-refractivity contribution in [1.82, 2.24) is 30.3 Å². The minimum atomic E-state index is 0.432. The monoisotopic (exact) mass is 361 g/mol. The molecule has 8 nitrogen and oxygen atoms in total. The topological polar surface area (TPSA) is 79.6 Å². The fourth-order valence-corrected chi connectivity index (χ4v) is 3.15. The fraction of sp³-hybridized carbons (Fsp3) is 0.722. The Hall–Kier alpha value is -1.93. The first kappa shape index (κ1) is 18.8. The van der Waals surface area contributed by atoms with Crippen LogP contribution in [0.15, 0.2) is 17.1 Å². The Morgan fingerprint density at radius 3 is 2.73 bits per heavy atom. The standard InChI is InChI=1S/C18H31N7O/c1-15-22-23-17(24(15)2)14-20-18(21-16-6-3-4-7-16)19-8-5-9-25-10-12-26-13-11-25/h3-4,16H,5-14H2,1-2H3,(H2,19,20,21). The molecule has 144 valence electrons. The van der Waals surface area contributed by atoms with Crippen molar-refractivity contribution in [2.75, 3.05) is 39.4 Å². The lowest BCUT2D eigenvalue weighted by Crippen LogP contribution is -2.44. The van der Waals surface area contributed by atoms with Gasteiger partial charge >= 0.3 is 0 Å². The van der Waals surface area contributed by atoms with Crippen LogP contribution in [0.2, 0.25) is 0 Å². The minimum Gasteiger partial charge on any atom is -0.379 e. The Labute approximate surface area is 155 Å². The molecular formula is C18H31N7O. The summed E-state index contributed by atoms with van der Waals surface area (Å²) in [5.74, 6) is 2.64. The first-order valence-corrected chi connectivity index (χ1v) is 9.57. The van der Waals surface area contributed by atoms with Gasteiger partial charge in [-0.1, -0.05) is 12.2 Å². The number of aliphatic imine (C=N–C) groups is 1. The van der Waals surface area contributed by atoms with Gasteiger partial charge in [-0.2, -0.15) is 0 Å². The van der Waals surface area contributed by atoms with E-state index < -0.39 is 0 Å². The highest BCUT2D eigenvalue weighted by molar-refractivity contribution is 5.80. The number of guanidine groups is 1. The van der Waals surface area contributed by atoms with Crippen LogP contribution >= 0.6 is 0 Å². The predicted octanol–water partition coefficient (Wildman–Crippen LogP) is 0.600. The SMILES string of the molecule is Cc1nnc(CN=C(NCCCN2CCOCC2)NC2CC=CC2)n1C. The second kappa shape index (κ2) is 9.68. The van der Waals surface area contributed by atoms with Crippen LogP contribution in [0.25, 0.3) is 0 Å². The first-order chi connectivity index (χ1) is 12.7. The highest BCUT2D eigenvalue weighted by Crippen LogP contribution is 2.09. The van der Waals surface area contributed by atoms with Gasteiger partial charge < -0.3 is 19.9 Å². The average Bonchev–Trinajstić information content (AvgIpc) is 3.28. The van der Waals surface area contributed by atoms with Crippen molar-refractivity contribution in [2.45, 2.75) is 38.8 Å². The molecule has 0 aromatic carbocycles. The third-order valence-electron chi connectivity index (χ3n) is 4.96. The Morgan fingerprint density at radius 2 is 2.04 bits per heavy atom. The van der Waals surface area contributed by atoms with Crippen LogP contribution in [0.4, 0.5) is 0 Å². The molecule has 0 bridgehead atoms. The van der Waals surface area contributed by atoms with E-state index in [1.54, 1.807) is 0 Å². The van der Waals surface area contributed by atoms with Crippen molar-refractivity contribution in [3.8, 4) is 0 Å². The fourth-order valence-electron chi connectivity index (χ4n) is 3.15. The molecule has 8 heteroatoms. The van der Waals surface area contributed by atoms with E-state index in [1.807, 2.05) is 18.5 Å². The smallest absolute Gasteiger partial charge is 0.191 e. The molecule has 1 aliphatic carbocycles.